The highest BCUT2D eigenvalue weighted by Gasteiger charge is 2.16. The minimum Gasteiger partial charge on any atom is -0.335 e. The van der Waals surface area contributed by atoms with Gasteiger partial charge in [0, 0.05) is 42.3 Å². The van der Waals surface area contributed by atoms with Gasteiger partial charge in [-0.3, -0.25) is 4.79 Å². The number of carbonyl (C=O) groups excluding carboxylic acids is 1. The van der Waals surface area contributed by atoms with Gasteiger partial charge in [-0.1, -0.05) is 18.3 Å². The van der Waals surface area contributed by atoms with E-state index in [9.17, 15) is 4.79 Å². The molecule has 0 unspecified atom stereocenters. The first-order valence-electron chi connectivity index (χ1n) is 7.13. The van der Waals surface area contributed by atoms with Crippen molar-refractivity contribution in [3.63, 3.8) is 0 Å². The zero-order valence-electron chi connectivity index (χ0n) is 11.9. The third-order valence-electron chi connectivity index (χ3n) is 3.78. The van der Waals surface area contributed by atoms with Crippen molar-refractivity contribution >= 4 is 28.7 Å². The van der Waals surface area contributed by atoms with Gasteiger partial charge in [0.15, 0.2) is 0 Å². The van der Waals surface area contributed by atoms with E-state index in [0.717, 1.165) is 40.5 Å². The molecular formula is C16H17N3OS. The van der Waals surface area contributed by atoms with Gasteiger partial charge >= 0.3 is 0 Å². The fourth-order valence-corrected chi connectivity index (χ4v) is 2.85. The lowest BCUT2D eigenvalue weighted by molar-refractivity contribution is -0.116. The quantitative estimate of drug-likeness (QED) is 0.697. The predicted molar refractivity (Wildman–Crippen MR) is 86.7 cm³/mol. The summed E-state index contributed by atoms with van der Waals surface area (Å²) in [5.74, 6) is 1.08. The Hall–Kier alpha value is -2.01. The molecule has 0 atom stereocenters. The SMILES string of the molecule is CCn1ccnc1CC(=S)c1ccc2c(c1)CCC(=O)N2. The number of thiocarbonyl (C=S) groups is 1. The summed E-state index contributed by atoms with van der Waals surface area (Å²) in [6.07, 6.45) is 5.77. The van der Waals surface area contributed by atoms with Crippen LogP contribution in [0.25, 0.3) is 0 Å². The molecule has 1 aliphatic rings. The first kappa shape index (κ1) is 13.9. The molecule has 108 valence electrons. The molecule has 0 aliphatic carbocycles. The number of hydrogen-bond acceptors (Lipinski definition) is 3. The summed E-state index contributed by atoms with van der Waals surface area (Å²) in [5.41, 5.74) is 3.12. The van der Waals surface area contributed by atoms with Crippen LogP contribution >= 0.6 is 12.2 Å². The van der Waals surface area contributed by atoms with E-state index in [1.54, 1.807) is 0 Å². The molecule has 1 aromatic carbocycles. The molecule has 0 saturated heterocycles. The molecule has 1 amide bonds. The molecule has 0 spiro atoms. The van der Waals surface area contributed by atoms with Gasteiger partial charge in [-0.15, -0.1) is 0 Å². The number of amides is 1. The van der Waals surface area contributed by atoms with Crippen molar-refractivity contribution in [3.8, 4) is 0 Å². The van der Waals surface area contributed by atoms with Gasteiger partial charge in [0.2, 0.25) is 5.91 Å². The average molecular weight is 299 g/mol. The molecule has 1 N–H and O–H groups in total. The molecule has 0 bridgehead atoms. The molecule has 5 heteroatoms. The second-order valence-electron chi connectivity index (χ2n) is 5.15. The Morgan fingerprint density at radius 3 is 3.10 bits per heavy atom. The van der Waals surface area contributed by atoms with Crippen LogP contribution in [0.1, 0.15) is 30.3 Å². The summed E-state index contributed by atoms with van der Waals surface area (Å²) in [4.78, 5) is 16.6. The Morgan fingerprint density at radius 2 is 2.29 bits per heavy atom. The van der Waals surface area contributed by atoms with Crippen molar-refractivity contribution < 1.29 is 4.79 Å². The summed E-state index contributed by atoms with van der Waals surface area (Å²) in [6.45, 7) is 2.99. The Labute approximate surface area is 129 Å². The minimum absolute atomic E-state index is 0.0859. The molecule has 2 heterocycles. The van der Waals surface area contributed by atoms with Crippen LogP contribution in [0.4, 0.5) is 5.69 Å². The molecule has 0 radical (unpaired) electrons. The maximum atomic E-state index is 11.4. The highest BCUT2D eigenvalue weighted by molar-refractivity contribution is 7.80. The van der Waals surface area contributed by atoms with Gasteiger partial charge in [-0.25, -0.2) is 4.98 Å². The fourth-order valence-electron chi connectivity index (χ4n) is 2.60. The van der Waals surface area contributed by atoms with Crippen LogP contribution in [-0.2, 0) is 24.2 Å². The first-order chi connectivity index (χ1) is 10.2. The number of aromatic nitrogens is 2. The number of rotatable bonds is 4. The standard InChI is InChI=1S/C16H17N3OS/c1-2-19-8-7-17-15(19)10-14(21)12-3-5-13-11(9-12)4-6-16(20)18-13/h3,5,7-9H,2,4,6,10H2,1H3,(H,18,20). The third kappa shape index (κ3) is 2.88. The van der Waals surface area contributed by atoms with Crippen LogP contribution in [0.5, 0.6) is 0 Å². The summed E-state index contributed by atoms with van der Waals surface area (Å²) in [7, 11) is 0. The average Bonchev–Trinajstić information content (AvgIpc) is 2.93. The lowest BCUT2D eigenvalue weighted by atomic mass is 9.98. The van der Waals surface area contributed by atoms with E-state index < -0.39 is 0 Å². The number of nitrogens with one attached hydrogen (secondary N) is 1. The molecule has 4 nitrogen and oxygen atoms in total. The van der Waals surface area contributed by atoms with Crippen molar-refractivity contribution in [3.05, 3.63) is 47.5 Å². The summed E-state index contributed by atoms with van der Waals surface area (Å²) < 4.78 is 2.10. The fraction of sp³-hybridized carbons (Fsp3) is 0.312. The number of benzene rings is 1. The lowest BCUT2D eigenvalue weighted by Gasteiger charge is -2.17. The highest BCUT2D eigenvalue weighted by Crippen LogP contribution is 2.24. The number of anilines is 1. The Bertz CT molecular complexity index is 705. The van der Waals surface area contributed by atoms with Crippen LogP contribution in [0.15, 0.2) is 30.6 Å². The Morgan fingerprint density at radius 1 is 1.43 bits per heavy atom. The number of aryl methyl sites for hydroxylation is 2. The predicted octanol–water partition coefficient (Wildman–Crippen LogP) is 2.75. The molecule has 1 aliphatic heterocycles. The van der Waals surface area contributed by atoms with Crippen LogP contribution in [0, 0.1) is 0 Å². The maximum Gasteiger partial charge on any atom is 0.224 e. The molecule has 3 rings (SSSR count). The van der Waals surface area contributed by atoms with E-state index in [1.165, 1.54) is 0 Å². The molecular weight excluding hydrogens is 282 g/mol. The van der Waals surface area contributed by atoms with E-state index in [0.29, 0.717) is 12.8 Å². The van der Waals surface area contributed by atoms with E-state index in [4.69, 9.17) is 12.2 Å². The van der Waals surface area contributed by atoms with Crippen molar-refractivity contribution in [2.24, 2.45) is 0 Å². The second kappa shape index (κ2) is 5.77. The van der Waals surface area contributed by atoms with E-state index in [-0.39, 0.29) is 5.91 Å². The molecule has 0 saturated carbocycles. The summed E-state index contributed by atoms with van der Waals surface area (Å²) in [6, 6.07) is 6.02. The van der Waals surface area contributed by atoms with Gasteiger partial charge in [0.1, 0.15) is 5.82 Å². The van der Waals surface area contributed by atoms with E-state index in [2.05, 4.69) is 27.9 Å². The van der Waals surface area contributed by atoms with Crippen molar-refractivity contribution in [2.75, 3.05) is 5.32 Å². The smallest absolute Gasteiger partial charge is 0.224 e. The molecule has 1 aromatic heterocycles. The van der Waals surface area contributed by atoms with Crippen LogP contribution < -0.4 is 5.32 Å². The second-order valence-corrected chi connectivity index (χ2v) is 5.64. The number of hydrogen-bond donors (Lipinski definition) is 1. The topological polar surface area (TPSA) is 46.9 Å². The normalized spacial score (nSPS) is 13.7. The highest BCUT2D eigenvalue weighted by atomic mass is 32.1. The zero-order valence-corrected chi connectivity index (χ0v) is 12.7. The van der Waals surface area contributed by atoms with Gasteiger partial charge in [-0.2, -0.15) is 0 Å². The van der Waals surface area contributed by atoms with E-state index >= 15 is 0 Å². The molecule has 0 fully saturated rings. The molecule has 21 heavy (non-hydrogen) atoms. The lowest BCUT2D eigenvalue weighted by Crippen LogP contribution is -2.19. The molecule has 2 aromatic rings. The summed E-state index contributed by atoms with van der Waals surface area (Å²) >= 11 is 5.56. The van der Waals surface area contributed by atoms with Crippen LogP contribution in [-0.4, -0.2) is 20.3 Å². The van der Waals surface area contributed by atoms with Crippen molar-refractivity contribution in [2.45, 2.75) is 32.7 Å². The number of imidazole rings is 1. The van der Waals surface area contributed by atoms with Crippen molar-refractivity contribution in [1.29, 1.82) is 0 Å². The summed E-state index contributed by atoms with van der Waals surface area (Å²) in [5, 5.41) is 2.89. The van der Waals surface area contributed by atoms with Gasteiger partial charge in [0.05, 0.1) is 0 Å². The number of nitrogens with zero attached hydrogens (tertiary/aromatic N) is 2. The van der Waals surface area contributed by atoms with E-state index in [1.807, 2.05) is 24.5 Å². The number of fused-ring (bicyclic) bond motifs is 1. The van der Waals surface area contributed by atoms with Crippen LogP contribution in [0.2, 0.25) is 0 Å². The Balaban J connectivity index is 1.81. The minimum atomic E-state index is 0.0859. The largest absolute Gasteiger partial charge is 0.335 e. The van der Waals surface area contributed by atoms with Crippen LogP contribution in [0.3, 0.4) is 0 Å². The zero-order chi connectivity index (χ0) is 14.8. The maximum absolute atomic E-state index is 11.4. The van der Waals surface area contributed by atoms with Gasteiger partial charge in [-0.05, 0) is 36.6 Å². The van der Waals surface area contributed by atoms with Gasteiger partial charge < -0.3 is 9.88 Å². The van der Waals surface area contributed by atoms with Crippen molar-refractivity contribution in [1.82, 2.24) is 9.55 Å². The number of carbonyl (C=O) groups is 1. The van der Waals surface area contributed by atoms with Gasteiger partial charge in [0.25, 0.3) is 0 Å². The third-order valence-corrected chi connectivity index (χ3v) is 4.16. The monoisotopic (exact) mass is 299 g/mol. The first-order valence-corrected chi connectivity index (χ1v) is 7.54. The Kier molecular flexibility index (Phi) is 3.84.